The summed E-state index contributed by atoms with van der Waals surface area (Å²) in [6.07, 6.45) is 0. The third-order valence-electron chi connectivity index (χ3n) is 11.5. The Kier molecular flexibility index (Phi) is 8.83. The first kappa shape index (κ1) is 35.2. The van der Waals surface area contributed by atoms with Crippen molar-refractivity contribution in [2.75, 3.05) is 0 Å². The van der Waals surface area contributed by atoms with E-state index in [0.29, 0.717) is 17.5 Å². The van der Waals surface area contributed by atoms with E-state index in [1.165, 1.54) is 44.0 Å². The summed E-state index contributed by atoms with van der Waals surface area (Å²) >= 11 is 0. The Morgan fingerprint density at radius 2 is 0.633 bits per heavy atom. The highest BCUT2D eigenvalue weighted by Gasteiger charge is 2.20. The minimum atomic E-state index is 0.632. The number of rotatable bonds is 7. The Labute approximate surface area is 349 Å². The molecule has 11 aromatic rings. The van der Waals surface area contributed by atoms with E-state index in [2.05, 4.69) is 188 Å². The van der Waals surface area contributed by atoms with E-state index >= 15 is 0 Å². The summed E-state index contributed by atoms with van der Waals surface area (Å²) in [7, 11) is 0. The zero-order valence-electron chi connectivity index (χ0n) is 32.7. The molecule has 3 nitrogen and oxygen atoms in total. The molecule has 0 unspecified atom stereocenters. The van der Waals surface area contributed by atoms with Gasteiger partial charge in [-0.05, 0) is 95.7 Å². The molecule has 0 bridgehead atoms. The van der Waals surface area contributed by atoms with Gasteiger partial charge in [0.05, 0.1) is 0 Å². The second kappa shape index (κ2) is 15.1. The number of hydrogen-bond donors (Lipinski definition) is 0. The van der Waals surface area contributed by atoms with E-state index < -0.39 is 0 Å². The molecule has 0 saturated heterocycles. The highest BCUT2D eigenvalue weighted by atomic mass is 15.0. The maximum absolute atomic E-state index is 5.30. The van der Waals surface area contributed by atoms with Crippen LogP contribution in [0.2, 0.25) is 0 Å². The minimum absolute atomic E-state index is 0.632. The summed E-state index contributed by atoms with van der Waals surface area (Å²) < 4.78 is 0. The summed E-state index contributed by atoms with van der Waals surface area (Å²) in [5, 5.41) is 7.04. The molecule has 0 saturated carbocycles. The van der Waals surface area contributed by atoms with Crippen molar-refractivity contribution in [2.24, 2.45) is 0 Å². The zero-order chi connectivity index (χ0) is 39.8. The molecule has 11 rings (SSSR count). The van der Waals surface area contributed by atoms with Crippen molar-refractivity contribution < 1.29 is 0 Å². The molecule has 0 N–H and O–H groups in total. The molecule has 0 aliphatic heterocycles. The van der Waals surface area contributed by atoms with Gasteiger partial charge in [-0.25, -0.2) is 15.0 Å². The Balaban J connectivity index is 1.19. The lowest BCUT2D eigenvalue weighted by atomic mass is 9.87. The van der Waals surface area contributed by atoms with E-state index in [0.717, 1.165) is 49.5 Å². The van der Waals surface area contributed by atoms with Gasteiger partial charge in [-0.3, -0.25) is 0 Å². The number of nitrogens with zero attached hydrogens (tertiary/aromatic N) is 3. The molecule has 0 atom stereocenters. The van der Waals surface area contributed by atoms with Crippen molar-refractivity contribution in [3.05, 3.63) is 224 Å². The van der Waals surface area contributed by atoms with Crippen molar-refractivity contribution in [1.82, 2.24) is 15.0 Å². The van der Waals surface area contributed by atoms with Crippen LogP contribution < -0.4 is 0 Å². The summed E-state index contributed by atoms with van der Waals surface area (Å²) in [5.74, 6) is 1.90. The fourth-order valence-electron chi connectivity index (χ4n) is 8.63. The molecule has 0 aliphatic carbocycles. The molecule has 0 aliphatic rings. The summed E-state index contributed by atoms with van der Waals surface area (Å²) in [6.45, 7) is 0. The average Bonchev–Trinajstić information content (AvgIpc) is 3.34. The maximum Gasteiger partial charge on any atom is 0.164 e. The molecule has 0 fully saturated rings. The lowest BCUT2D eigenvalue weighted by molar-refractivity contribution is 1.08. The van der Waals surface area contributed by atoms with Gasteiger partial charge >= 0.3 is 0 Å². The fraction of sp³-hybridized carbons (Fsp3) is 0. The van der Waals surface area contributed by atoms with Crippen molar-refractivity contribution >= 4 is 32.3 Å². The van der Waals surface area contributed by atoms with Crippen molar-refractivity contribution in [3.8, 4) is 78.7 Å². The maximum atomic E-state index is 5.30. The third kappa shape index (κ3) is 6.39. The average molecular weight is 764 g/mol. The number of hydrogen-bond acceptors (Lipinski definition) is 3. The van der Waals surface area contributed by atoms with E-state index in [-0.39, 0.29) is 0 Å². The number of aromatic nitrogens is 3. The predicted octanol–water partition coefficient (Wildman–Crippen LogP) is 15.0. The molecular formula is C57H37N3. The van der Waals surface area contributed by atoms with Crippen LogP contribution in [0.5, 0.6) is 0 Å². The second-order valence-electron chi connectivity index (χ2n) is 15.1. The standard InChI is InChI=1S/C57H37N3/c1-5-18-38(19-6-1)43-32-33-46(39-20-7-2-8-21-39)51(35-43)44-27-17-26-42(34-44)45-36-52-49-30-14-13-28-47(49)48-29-15-16-31-50(48)54(52)53(37-45)57-59-55(40-22-9-3-10-23-40)58-56(60-57)41-24-11-4-12-25-41/h1-37H. The monoisotopic (exact) mass is 763 g/mol. The van der Waals surface area contributed by atoms with Crippen LogP contribution in [0.3, 0.4) is 0 Å². The molecule has 0 spiro atoms. The second-order valence-corrected chi connectivity index (χ2v) is 15.1. The molecule has 3 heteroatoms. The van der Waals surface area contributed by atoms with Crippen LogP contribution >= 0.6 is 0 Å². The highest BCUT2D eigenvalue weighted by molar-refractivity contribution is 6.28. The van der Waals surface area contributed by atoms with Gasteiger partial charge in [0, 0.05) is 22.1 Å². The van der Waals surface area contributed by atoms with Gasteiger partial charge in [0.25, 0.3) is 0 Å². The van der Waals surface area contributed by atoms with Crippen LogP contribution in [0, 0.1) is 0 Å². The van der Waals surface area contributed by atoms with E-state index in [4.69, 9.17) is 15.0 Å². The van der Waals surface area contributed by atoms with Crippen LogP contribution in [0.4, 0.5) is 0 Å². The zero-order valence-corrected chi connectivity index (χ0v) is 32.7. The first-order chi connectivity index (χ1) is 29.7. The van der Waals surface area contributed by atoms with Gasteiger partial charge in [-0.1, -0.05) is 200 Å². The summed E-state index contributed by atoms with van der Waals surface area (Å²) in [4.78, 5) is 15.7. The normalized spacial score (nSPS) is 11.3. The highest BCUT2D eigenvalue weighted by Crippen LogP contribution is 2.44. The van der Waals surface area contributed by atoms with Gasteiger partial charge in [0.1, 0.15) is 0 Å². The SMILES string of the molecule is c1ccc(-c2ccc(-c3ccccc3)c(-c3cccc(-c4cc(-c5nc(-c6ccccc6)nc(-c6ccccc6)n5)c5c6ccccc6c6ccccc6c5c4)c3)c2)cc1. The van der Waals surface area contributed by atoms with E-state index in [1.807, 2.05) is 36.4 Å². The quantitative estimate of drug-likeness (QED) is 0.152. The van der Waals surface area contributed by atoms with Gasteiger partial charge in [0.15, 0.2) is 17.5 Å². The molecule has 1 aromatic heterocycles. The summed E-state index contributed by atoms with van der Waals surface area (Å²) in [6, 6.07) is 79.6. The first-order valence-corrected chi connectivity index (χ1v) is 20.4. The van der Waals surface area contributed by atoms with Gasteiger partial charge in [0.2, 0.25) is 0 Å². The first-order valence-electron chi connectivity index (χ1n) is 20.4. The van der Waals surface area contributed by atoms with Gasteiger partial charge in [-0.2, -0.15) is 0 Å². The molecule has 10 aromatic carbocycles. The smallest absolute Gasteiger partial charge is 0.164 e. The molecule has 1 heterocycles. The Bertz CT molecular complexity index is 3290. The summed E-state index contributed by atoms with van der Waals surface area (Å²) in [5.41, 5.74) is 12.1. The van der Waals surface area contributed by atoms with Crippen LogP contribution in [0.1, 0.15) is 0 Å². The van der Waals surface area contributed by atoms with Crippen LogP contribution in [-0.2, 0) is 0 Å². The van der Waals surface area contributed by atoms with Crippen LogP contribution in [-0.4, -0.2) is 15.0 Å². The molecule has 0 amide bonds. The van der Waals surface area contributed by atoms with Crippen molar-refractivity contribution in [3.63, 3.8) is 0 Å². The van der Waals surface area contributed by atoms with Crippen LogP contribution in [0.15, 0.2) is 224 Å². The number of fused-ring (bicyclic) bond motifs is 6. The predicted molar refractivity (Wildman–Crippen MR) is 250 cm³/mol. The Morgan fingerprint density at radius 1 is 0.200 bits per heavy atom. The van der Waals surface area contributed by atoms with Gasteiger partial charge < -0.3 is 0 Å². The van der Waals surface area contributed by atoms with E-state index in [1.54, 1.807) is 0 Å². The largest absolute Gasteiger partial charge is 0.208 e. The van der Waals surface area contributed by atoms with Crippen molar-refractivity contribution in [2.45, 2.75) is 0 Å². The van der Waals surface area contributed by atoms with E-state index in [9.17, 15) is 0 Å². The third-order valence-corrected chi connectivity index (χ3v) is 11.5. The van der Waals surface area contributed by atoms with Crippen molar-refractivity contribution in [1.29, 1.82) is 0 Å². The van der Waals surface area contributed by atoms with Gasteiger partial charge in [-0.15, -0.1) is 0 Å². The molecular weight excluding hydrogens is 727 g/mol. The molecule has 280 valence electrons. The number of benzene rings is 10. The molecule has 60 heavy (non-hydrogen) atoms. The Morgan fingerprint density at radius 3 is 1.25 bits per heavy atom. The Hall–Kier alpha value is -8.01. The fourth-order valence-corrected chi connectivity index (χ4v) is 8.63. The molecule has 0 radical (unpaired) electrons. The lowest BCUT2D eigenvalue weighted by Gasteiger charge is -2.17. The topological polar surface area (TPSA) is 38.7 Å². The lowest BCUT2D eigenvalue weighted by Crippen LogP contribution is -2.01. The minimum Gasteiger partial charge on any atom is -0.208 e. The van der Waals surface area contributed by atoms with Crippen LogP contribution in [0.25, 0.3) is 111 Å².